The van der Waals surface area contributed by atoms with Gasteiger partial charge in [-0.05, 0) is 0 Å². The molecule has 0 aliphatic heterocycles. The Morgan fingerprint density at radius 2 is 2.19 bits per heavy atom. The zero-order valence-electron chi connectivity index (χ0n) is 9.77. The van der Waals surface area contributed by atoms with E-state index in [-0.39, 0.29) is 38.6 Å². The SMILES string of the molecule is [CH2-]C(=O)N(C)OC.[CH2-]Cc1[c-]cccc1.[Y+3]. The third-order valence-electron chi connectivity index (χ3n) is 1.67. The summed E-state index contributed by atoms with van der Waals surface area (Å²) < 4.78 is 0. The fourth-order valence-electron chi connectivity index (χ4n) is 0.688. The molecule has 0 N–H and O–H groups in total. The second-order valence-electron chi connectivity index (χ2n) is 2.71. The summed E-state index contributed by atoms with van der Waals surface area (Å²) in [4.78, 5) is 14.5. The second kappa shape index (κ2) is 11.1. The van der Waals surface area contributed by atoms with Crippen molar-refractivity contribution in [3.8, 4) is 0 Å². The maximum Gasteiger partial charge on any atom is 3.00 e. The zero-order valence-corrected chi connectivity index (χ0v) is 12.6. The van der Waals surface area contributed by atoms with E-state index in [4.69, 9.17) is 0 Å². The normalized spacial score (nSPS) is 8.19. The van der Waals surface area contributed by atoms with Crippen molar-refractivity contribution in [1.82, 2.24) is 5.06 Å². The van der Waals surface area contributed by atoms with Crippen LogP contribution in [0.15, 0.2) is 24.3 Å². The van der Waals surface area contributed by atoms with Gasteiger partial charge in [0.15, 0.2) is 0 Å². The Morgan fingerprint density at radius 3 is 2.38 bits per heavy atom. The Hall–Kier alpha value is -0.376. The van der Waals surface area contributed by atoms with Crippen LogP contribution in [0.2, 0.25) is 0 Å². The minimum absolute atomic E-state index is 0. The van der Waals surface area contributed by atoms with E-state index in [9.17, 15) is 4.79 Å². The summed E-state index contributed by atoms with van der Waals surface area (Å²) in [6.07, 6.45) is 0.834. The van der Waals surface area contributed by atoms with Gasteiger partial charge in [-0.25, -0.2) is 0 Å². The average Bonchev–Trinajstić information content (AvgIpc) is 2.29. The van der Waals surface area contributed by atoms with Gasteiger partial charge in [-0.3, -0.25) is 9.90 Å². The molecule has 3 nitrogen and oxygen atoms in total. The Kier molecular flexibility index (Phi) is 12.5. The number of carbonyl (C=O) groups is 1. The molecule has 0 bridgehead atoms. The molecular formula is C12H16NO2Y. The van der Waals surface area contributed by atoms with Gasteiger partial charge in [-0.15, -0.1) is 0 Å². The molecule has 0 fully saturated rings. The van der Waals surface area contributed by atoms with Gasteiger partial charge in [0.1, 0.15) is 5.91 Å². The van der Waals surface area contributed by atoms with E-state index in [0.717, 1.165) is 11.5 Å². The fraction of sp³-hybridized carbons (Fsp3) is 0.250. The minimum atomic E-state index is -0.345. The first-order valence-electron chi connectivity index (χ1n) is 4.50. The molecule has 0 saturated heterocycles. The molecule has 0 unspecified atom stereocenters. The molecule has 16 heavy (non-hydrogen) atoms. The first-order valence-corrected chi connectivity index (χ1v) is 4.50. The largest absolute Gasteiger partial charge is 3.00 e. The minimum Gasteiger partial charge on any atom is -0.341 e. The third kappa shape index (κ3) is 8.89. The van der Waals surface area contributed by atoms with E-state index in [1.807, 2.05) is 24.3 Å². The van der Waals surface area contributed by atoms with E-state index in [0.29, 0.717) is 0 Å². The van der Waals surface area contributed by atoms with Crippen LogP contribution in [0.1, 0.15) is 5.56 Å². The number of nitrogens with zero attached hydrogens (tertiary/aromatic N) is 1. The van der Waals surface area contributed by atoms with Crippen molar-refractivity contribution in [2.45, 2.75) is 6.42 Å². The smallest absolute Gasteiger partial charge is 0.341 e. The monoisotopic (exact) mass is 295 g/mol. The van der Waals surface area contributed by atoms with Crippen LogP contribution < -0.4 is 0 Å². The van der Waals surface area contributed by atoms with Crippen LogP contribution in [-0.2, 0) is 48.8 Å². The topological polar surface area (TPSA) is 29.5 Å². The molecule has 4 heteroatoms. The molecule has 1 amide bonds. The number of carbonyl (C=O) groups excluding carboxylic acids is 1. The first kappa shape index (κ1) is 18.0. The molecule has 1 aromatic carbocycles. The second-order valence-corrected chi connectivity index (χ2v) is 2.71. The van der Waals surface area contributed by atoms with Crippen LogP contribution in [0.5, 0.6) is 0 Å². The molecule has 84 valence electrons. The van der Waals surface area contributed by atoms with Crippen molar-refractivity contribution in [3.63, 3.8) is 0 Å². The van der Waals surface area contributed by atoms with Gasteiger partial charge >= 0.3 is 32.7 Å². The van der Waals surface area contributed by atoms with Crippen molar-refractivity contribution in [1.29, 1.82) is 0 Å². The Balaban J connectivity index is 0. The van der Waals surface area contributed by atoms with E-state index >= 15 is 0 Å². The van der Waals surface area contributed by atoms with Crippen LogP contribution >= 0.6 is 0 Å². The fourth-order valence-corrected chi connectivity index (χ4v) is 0.688. The quantitative estimate of drug-likeness (QED) is 0.614. The number of amides is 1. The Bertz CT molecular complexity index is 278. The first-order chi connectivity index (χ1) is 7.11. The molecule has 0 radical (unpaired) electrons. The number of hydrogen-bond acceptors (Lipinski definition) is 2. The van der Waals surface area contributed by atoms with Gasteiger partial charge in [0.25, 0.3) is 0 Å². The Labute approximate surface area is 123 Å². The van der Waals surface area contributed by atoms with E-state index in [1.54, 1.807) is 0 Å². The molecular weight excluding hydrogens is 279 g/mol. The van der Waals surface area contributed by atoms with Gasteiger partial charge in [0.05, 0.1) is 7.11 Å². The zero-order chi connectivity index (χ0) is 11.7. The summed E-state index contributed by atoms with van der Waals surface area (Å²) >= 11 is 0. The van der Waals surface area contributed by atoms with Crippen molar-refractivity contribution < 1.29 is 42.3 Å². The predicted molar refractivity (Wildman–Crippen MR) is 59.5 cm³/mol. The van der Waals surface area contributed by atoms with E-state index < -0.39 is 0 Å². The van der Waals surface area contributed by atoms with Crippen molar-refractivity contribution >= 4 is 5.91 Å². The molecule has 0 spiro atoms. The summed E-state index contributed by atoms with van der Waals surface area (Å²) in [6.45, 7) is 6.80. The van der Waals surface area contributed by atoms with E-state index in [2.05, 4.69) is 24.8 Å². The maximum atomic E-state index is 10.1. The van der Waals surface area contributed by atoms with Crippen LogP contribution in [0, 0.1) is 19.9 Å². The van der Waals surface area contributed by atoms with Gasteiger partial charge in [0, 0.05) is 7.05 Å². The summed E-state index contributed by atoms with van der Waals surface area (Å²) in [5.41, 5.74) is 1.17. The molecule has 0 aromatic heterocycles. The molecule has 0 aliphatic rings. The third-order valence-corrected chi connectivity index (χ3v) is 1.67. The standard InChI is InChI=1S/C8H8.C4H8NO2.Y/c1-2-8-6-4-3-5-7-8;1-4(6)5(2)7-3;/h3-6H,1-2H2;1H2,2-3H3;/q-2;-1;+3. The number of hydrogen-bond donors (Lipinski definition) is 0. The number of benzene rings is 1. The molecule has 0 heterocycles. The van der Waals surface area contributed by atoms with Gasteiger partial charge in [-0.2, -0.15) is 42.3 Å². The Morgan fingerprint density at radius 1 is 1.56 bits per heavy atom. The molecule has 1 aromatic rings. The summed E-state index contributed by atoms with van der Waals surface area (Å²) in [5.74, 6) is -0.345. The van der Waals surface area contributed by atoms with Gasteiger partial charge in [-0.1, -0.05) is 0 Å². The number of rotatable bonds is 2. The summed E-state index contributed by atoms with van der Waals surface area (Å²) in [7, 11) is 2.90. The molecule has 1 rings (SSSR count). The summed E-state index contributed by atoms with van der Waals surface area (Å²) in [5, 5.41) is 1.04. The van der Waals surface area contributed by atoms with Crippen molar-refractivity contribution in [3.05, 3.63) is 49.7 Å². The van der Waals surface area contributed by atoms with Crippen LogP contribution in [0.25, 0.3) is 0 Å². The maximum absolute atomic E-state index is 10.1. The number of hydroxylamine groups is 2. The van der Waals surface area contributed by atoms with Crippen molar-refractivity contribution in [2.24, 2.45) is 0 Å². The van der Waals surface area contributed by atoms with Crippen LogP contribution in [-0.4, -0.2) is 25.1 Å². The van der Waals surface area contributed by atoms with Crippen LogP contribution in [0.4, 0.5) is 0 Å². The van der Waals surface area contributed by atoms with E-state index in [1.165, 1.54) is 19.7 Å². The van der Waals surface area contributed by atoms with Crippen molar-refractivity contribution in [2.75, 3.05) is 14.2 Å². The molecule has 0 atom stereocenters. The average molecular weight is 295 g/mol. The van der Waals surface area contributed by atoms with Gasteiger partial charge < -0.3 is 18.6 Å². The summed E-state index contributed by atoms with van der Waals surface area (Å²) in [6, 6.07) is 10.9. The predicted octanol–water partition coefficient (Wildman–Crippen LogP) is 1.70. The van der Waals surface area contributed by atoms with Gasteiger partial charge in [0.2, 0.25) is 0 Å². The molecule has 0 aliphatic carbocycles. The molecule has 0 saturated carbocycles. The van der Waals surface area contributed by atoms with Crippen LogP contribution in [0.3, 0.4) is 0 Å².